The largest absolute Gasteiger partial charge is 0.462 e. The van der Waals surface area contributed by atoms with Crippen molar-refractivity contribution in [2.45, 2.75) is 399 Å². The lowest BCUT2D eigenvalue weighted by Gasteiger charge is -2.18. The van der Waals surface area contributed by atoms with Crippen LogP contribution < -0.4 is 0 Å². The van der Waals surface area contributed by atoms with Gasteiger partial charge in [0.1, 0.15) is 13.2 Å². The predicted octanol–water partition coefficient (Wildman–Crippen LogP) is 23.8. The third-order valence-electron chi connectivity index (χ3n) is 16.0. The Balaban J connectivity index is 4.24. The summed E-state index contributed by atoms with van der Waals surface area (Å²) in [5, 5.41) is 0. The summed E-state index contributed by atoms with van der Waals surface area (Å²) < 4.78 is 17.0. The molecule has 0 aromatic rings. The van der Waals surface area contributed by atoms with Gasteiger partial charge in [0.2, 0.25) is 0 Å². The Kier molecular flexibility index (Phi) is 64.6. The van der Waals surface area contributed by atoms with Gasteiger partial charge < -0.3 is 14.2 Å². The van der Waals surface area contributed by atoms with Crippen LogP contribution in [-0.4, -0.2) is 37.2 Å². The number of unbranched alkanes of at least 4 members (excludes halogenated alkanes) is 50. The van der Waals surface area contributed by atoms with Gasteiger partial charge in [-0.25, -0.2) is 0 Å². The SMILES string of the molecule is CCCCCCC/C=C\C/C=C\CCCCCCCCCCCCCC(=O)OCC(COC(=O)CCCCCCCCCCCCCCC)OC(=O)CCCCCCCCCCCCCCCCCCCCCCCCC. The number of ether oxygens (including phenoxy) is 3. The standard InChI is InChI=1S/C71H134O6/c1-4-7-10-13-16-19-22-25-27-29-31-33-35-37-39-41-43-46-49-52-55-58-61-64-70(73)76-67-68(66-75-69(72)63-60-57-54-51-48-45-24-21-18-15-12-9-6-3)77-71(74)65-62-59-56-53-50-47-44-42-40-38-36-34-32-30-28-26-23-20-17-14-11-8-5-2/h22,25,29,31,68H,4-21,23-24,26-28,30,32-67H2,1-3H3/b25-22-,31-29-. The Hall–Kier alpha value is -2.11. The van der Waals surface area contributed by atoms with Crippen LogP contribution in [0.5, 0.6) is 0 Å². The number of hydrogen-bond donors (Lipinski definition) is 0. The lowest BCUT2D eigenvalue weighted by molar-refractivity contribution is -0.167. The molecule has 0 spiro atoms. The maximum absolute atomic E-state index is 12.9. The average Bonchev–Trinajstić information content (AvgIpc) is 3.43. The fourth-order valence-electron chi connectivity index (χ4n) is 10.7. The molecule has 0 bridgehead atoms. The van der Waals surface area contributed by atoms with Crippen LogP contribution in [0.4, 0.5) is 0 Å². The lowest BCUT2D eigenvalue weighted by Crippen LogP contribution is -2.30. The molecule has 454 valence electrons. The number of allylic oxidation sites excluding steroid dienone is 4. The Morgan fingerprint density at radius 2 is 0.468 bits per heavy atom. The molecule has 0 heterocycles. The zero-order valence-corrected chi connectivity index (χ0v) is 52.3. The number of carbonyl (C=O) groups excluding carboxylic acids is 3. The average molecular weight is 1080 g/mol. The highest BCUT2D eigenvalue weighted by Gasteiger charge is 2.19. The van der Waals surface area contributed by atoms with E-state index in [4.69, 9.17) is 14.2 Å². The molecule has 6 heteroatoms. The first-order valence-corrected chi connectivity index (χ1v) is 34.8. The lowest BCUT2D eigenvalue weighted by atomic mass is 10.0. The molecule has 77 heavy (non-hydrogen) atoms. The smallest absolute Gasteiger partial charge is 0.306 e. The molecular weight excluding hydrogens is 949 g/mol. The van der Waals surface area contributed by atoms with Crippen LogP contribution in [0.25, 0.3) is 0 Å². The van der Waals surface area contributed by atoms with E-state index in [2.05, 4.69) is 45.1 Å². The highest BCUT2D eigenvalue weighted by Crippen LogP contribution is 2.19. The summed E-state index contributed by atoms with van der Waals surface area (Å²) in [7, 11) is 0. The van der Waals surface area contributed by atoms with E-state index >= 15 is 0 Å². The van der Waals surface area contributed by atoms with Crippen molar-refractivity contribution < 1.29 is 28.6 Å². The van der Waals surface area contributed by atoms with Crippen molar-refractivity contribution in [1.82, 2.24) is 0 Å². The zero-order chi connectivity index (χ0) is 55.7. The number of esters is 3. The van der Waals surface area contributed by atoms with Gasteiger partial charge in [0.25, 0.3) is 0 Å². The number of hydrogen-bond acceptors (Lipinski definition) is 6. The molecule has 0 aliphatic rings. The highest BCUT2D eigenvalue weighted by atomic mass is 16.6. The van der Waals surface area contributed by atoms with E-state index < -0.39 is 6.10 Å². The van der Waals surface area contributed by atoms with Crippen LogP contribution in [0.2, 0.25) is 0 Å². The van der Waals surface area contributed by atoms with Crippen LogP contribution in [0.3, 0.4) is 0 Å². The van der Waals surface area contributed by atoms with Gasteiger partial charge in [-0.3, -0.25) is 14.4 Å². The molecule has 0 amide bonds. The quantitative estimate of drug-likeness (QED) is 0.0261. The molecule has 0 saturated carbocycles. The maximum Gasteiger partial charge on any atom is 0.306 e. The molecule has 0 fully saturated rings. The van der Waals surface area contributed by atoms with Gasteiger partial charge in [0.05, 0.1) is 0 Å². The summed E-state index contributed by atoms with van der Waals surface area (Å²) in [6.07, 6.45) is 80.6. The van der Waals surface area contributed by atoms with Crippen molar-refractivity contribution in [1.29, 1.82) is 0 Å². The number of carbonyl (C=O) groups is 3. The van der Waals surface area contributed by atoms with Crippen LogP contribution in [0, 0.1) is 0 Å². The van der Waals surface area contributed by atoms with Gasteiger partial charge in [-0.2, -0.15) is 0 Å². The van der Waals surface area contributed by atoms with Crippen LogP contribution in [-0.2, 0) is 28.6 Å². The third kappa shape index (κ3) is 64.6. The van der Waals surface area contributed by atoms with E-state index in [0.29, 0.717) is 19.3 Å². The zero-order valence-electron chi connectivity index (χ0n) is 52.3. The van der Waals surface area contributed by atoms with Crippen molar-refractivity contribution in [2.24, 2.45) is 0 Å². The molecule has 0 aliphatic carbocycles. The Morgan fingerprint density at radius 1 is 0.260 bits per heavy atom. The minimum Gasteiger partial charge on any atom is -0.462 e. The minimum absolute atomic E-state index is 0.0650. The van der Waals surface area contributed by atoms with Crippen molar-refractivity contribution >= 4 is 17.9 Å². The molecule has 0 rings (SSSR count). The molecule has 0 aromatic carbocycles. The molecule has 1 unspecified atom stereocenters. The second-order valence-electron chi connectivity index (χ2n) is 23.8. The molecule has 0 aliphatic heterocycles. The molecular formula is C71H134O6. The fourth-order valence-corrected chi connectivity index (χ4v) is 10.7. The summed E-state index contributed by atoms with van der Waals surface area (Å²) in [5.74, 6) is -0.835. The Morgan fingerprint density at radius 3 is 0.714 bits per heavy atom. The minimum atomic E-state index is -0.768. The van der Waals surface area contributed by atoms with Gasteiger partial charge in [-0.15, -0.1) is 0 Å². The first-order valence-electron chi connectivity index (χ1n) is 34.8. The van der Waals surface area contributed by atoms with Crippen molar-refractivity contribution in [3.05, 3.63) is 24.3 Å². The first-order chi connectivity index (χ1) is 38.0. The van der Waals surface area contributed by atoms with Crippen LogP contribution >= 0.6 is 0 Å². The summed E-state index contributed by atoms with van der Waals surface area (Å²) in [4.78, 5) is 38.4. The van der Waals surface area contributed by atoms with Gasteiger partial charge >= 0.3 is 17.9 Å². The maximum atomic E-state index is 12.9. The predicted molar refractivity (Wildman–Crippen MR) is 335 cm³/mol. The summed E-state index contributed by atoms with van der Waals surface area (Å²) in [6.45, 7) is 6.71. The molecule has 0 aromatic heterocycles. The normalized spacial score (nSPS) is 12.1. The van der Waals surface area contributed by atoms with E-state index in [-0.39, 0.29) is 31.1 Å². The molecule has 0 radical (unpaired) electrons. The summed E-state index contributed by atoms with van der Waals surface area (Å²) in [6, 6.07) is 0. The monoisotopic (exact) mass is 1080 g/mol. The van der Waals surface area contributed by atoms with E-state index in [9.17, 15) is 14.4 Å². The van der Waals surface area contributed by atoms with E-state index in [1.807, 2.05) is 0 Å². The van der Waals surface area contributed by atoms with Crippen LogP contribution in [0.1, 0.15) is 393 Å². The number of rotatable bonds is 65. The van der Waals surface area contributed by atoms with Crippen molar-refractivity contribution in [2.75, 3.05) is 13.2 Å². The Bertz CT molecular complexity index is 1240. The summed E-state index contributed by atoms with van der Waals surface area (Å²) >= 11 is 0. The van der Waals surface area contributed by atoms with E-state index in [1.54, 1.807) is 0 Å². The van der Waals surface area contributed by atoms with Crippen LogP contribution in [0.15, 0.2) is 24.3 Å². The fraction of sp³-hybridized carbons (Fsp3) is 0.901. The van der Waals surface area contributed by atoms with E-state index in [0.717, 1.165) is 64.2 Å². The Labute approximate surface area is 481 Å². The van der Waals surface area contributed by atoms with Crippen molar-refractivity contribution in [3.63, 3.8) is 0 Å². The van der Waals surface area contributed by atoms with Gasteiger partial charge in [-0.05, 0) is 51.4 Å². The van der Waals surface area contributed by atoms with Gasteiger partial charge in [-0.1, -0.05) is 347 Å². The first kappa shape index (κ1) is 74.9. The molecule has 6 nitrogen and oxygen atoms in total. The molecule has 0 saturated heterocycles. The second-order valence-corrected chi connectivity index (χ2v) is 23.8. The third-order valence-corrected chi connectivity index (χ3v) is 16.0. The van der Waals surface area contributed by atoms with Crippen molar-refractivity contribution in [3.8, 4) is 0 Å². The van der Waals surface area contributed by atoms with Gasteiger partial charge in [0.15, 0.2) is 6.10 Å². The van der Waals surface area contributed by atoms with E-state index in [1.165, 1.54) is 289 Å². The second kappa shape index (κ2) is 66.4. The molecule has 1 atom stereocenters. The molecule has 0 N–H and O–H groups in total. The topological polar surface area (TPSA) is 78.9 Å². The highest BCUT2D eigenvalue weighted by molar-refractivity contribution is 5.71. The van der Waals surface area contributed by atoms with Gasteiger partial charge in [0, 0.05) is 19.3 Å². The summed E-state index contributed by atoms with van der Waals surface area (Å²) in [5.41, 5.74) is 0.